The zero-order valence-corrected chi connectivity index (χ0v) is 14.9. The molecule has 0 saturated carbocycles. The van der Waals surface area contributed by atoms with Crippen molar-refractivity contribution in [1.29, 1.82) is 0 Å². The second kappa shape index (κ2) is 8.71. The fourth-order valence-corrected chi connectivity index (χ4v) is 3.05. The number of likely N-dealkylation sites (tertiary alicyclic amines) is 1. The van der Waals surface area contributed by atoms with Crippen molar-refractivity contribution < 1.29 is 14.3 Å². The van der Waals surface area contributed by atoms with E-state index in [0.29, 0.717) is 11.3 Å². The lowest BCUT2D eigenvalue weighted by Crippen LogP contribution is -2.51. The highest BCUT2D eigenvalue weighted by atomic mass is 16.5. The highest BCUT2D eigenvalue weighted by Crippen LogP contribution is 2.19. The molecule has 2 amide bonds. The van der Waals surface area contributed by atoms with Crippen LogP contribution in [0.2, 0.25) is 0 Å². The van der Waals surface area contributed by atoms with E-state index in [1.165, 1.54) is 20.0 Å². The first-order valence-corrected chi connectivity index (χ1v) is 8.77. The molecule has 1 aromatic rings. The Balaban J connectivity index is 2.12. The Labute approximate surface area is 144 Å². The summed E-state index contributed by atoms with van der Waals surface area (Å²) < 4.78 is 5.25. The molecule has 1 heterocycles. The first kappa shape index (κ1) is 18.3. The number of nitrogens with one attached hydrogen (secondary N) is 1. The van der Waals surface area contributed by atoms with Gasteiger partial charge in [-0.2, -0.15) is 0 Å². The minimum absolute atomic E-state index is 0.0233. The molecule has 1 saturated heterocycles. The van der Waals surface area contributed by atoms with E-state index in [1.807, 2.05) is 24.8 Å². The van der Waals surface area contributed by atoms with Crippen LogP contribution in [0.1, 0.15) is 49.9 Å². The maximum absolute atomic E-state index is 12.9. The van der Waals surface area contributed by atoms with Crippen LogP contribution in [0.5, 0.6) is 5.75 Å². The molecule has 5 nitrogen and oxygen atoms in total. The lowest BCUT2D eigenvalue weighted by Gasteiger charge is -2.29. The number of carbonyl (C=O) groups is 2. The van der Waals surface area contributed by atoms with Gasteiger partial charge in [-0.1, -0.05) is 38.8 Å². The zero-order valence-electron chi connectivity index (χ0n) is 14.9. The van der Waals surface area contributed by atoms with E-state index in [4.69, 9.17) is 4.74 Å². The summed E-state index contributed by atoms with van der Waals surface area (Å²) in [6.45, 7) is 5.49. The first-order valence-electron chi connectivity index (χ1n) is 8.77. The van der Waals surface area contributed by atoms with Crippen molar-refractivity contribution in [2.45, 2.75) is 45.6 Å². The average Bonchev–Trinajstić information content (AvgIpc) is 2.88. The number of rotatable bonds is 5. The van der Waals surface area contributed by atoms with E-state index in [-0.39, 0.29) is 17.7 Å². The first-order chi connectivity index (χ1) is 11.5. The van der Waals surface area contributed by atoms with Crippen molar-refractivity contribution in [3.8, 4) is 5.75 Å². The van der Waals surface area contributed by atoms with Crippen LogP contribution in [0.4, 0.5) is 0 Å². The number of nitrogens with zero attached hydrogens (tertiary/aromatic N) is 1. The largest absolute Gasteiger partial charge is 0.496 e. The number of para-hydroxylation sites is 1. The van der Waals surface area contributed by atoms with E-state index in [0.717, 1.165) is 25.9 Å². The monoisotopic (exact) mass is 332 g/mol. The molecule has 0 unspecified atom stereocenters. The second-order valence-corrected chi connectivity index (χ2v) is 6.63. The van der Waals surface area contributed by atoms with Gasteiger partial charge in [0.2, 0.25) is 5.91 Å². The van der Waals surface area contributed by atoms with Gasteiger partial charge in [-0.3, -0.25) is 9.59 Å². The third-order valence-electron chi connectivity index (χ3n) is 4.49. The molecule has 2 rings (SSSR count). The van der Waals surface area contributed by atoms with Crippen molar-refractivity contribution in [3.63, 3.8) is 0 Å². The molecule has 0 aliphatic carbocycles. The molecule has 0 aromatic heterocycles. The van der Waals surface area contributed by atoms with Crippen molar-refractivity contribution >= 4 is 11.8 Å². The Kier molecular flexibility index (Phi) is 6.64. The maximum Gasteiger partial charge on any atom is 0.255 e. The van der Waals surface area contributed by atoms with Crippen LogP contribution in [-0.4, -0.2) is 43.0 Å². The highest BCUT2D eigenvalue weighted by Gasteiger charge is 2.29. The van der Waals surface area contributed by atoms with Crippen molar-refractivity contribution in [2.75, 3.05) is 20.2 Å². The van der Waals surface area contributed by atoms with Crippen LogP contribution < -0.4 is 10.1 Å². The molecule has 1 atom stereocenters. The smallest absolute Gasteiger partial charge is 0.255 e. The normalized spacial score (nSPS) is 16.4. The minimum Gasteiger partial charge on any atom is -0.496 e. The van der Waals surface area contributed by atoms with Crippen LogP contribution in [0.25, 0.3) is 0 Å². The molecule has 1 fully saturated rings. The van der Waals surface area contributed by atoms with E-state index in [1.54, 1.807) is 18.2 Å². The SMILES string of the molecule is COc1ccccc1C(=O)N[C@H](C(=O)N1CCCCCC1)C(C)C. The van der Waals surface area contributed by atoms with Gasteiger partial charge < -0.3 is 15.0 Å². The van der Waals surface area contributed by atoms with E-state index in [2.05, 4.69) is 5.32 Å². The van der Waals surface area contributed by atoms with Crippen molar-refractivity contribution in [1.82, 2.24) is 10.2 Å². The van der Waals surface area contributed by atoms with Gasteiger partial charge in [0.25, 0.3) is 5.91 Å². The molecule has 1 N–H and O–H groups in total. The Bertz CT molecular complexity index is 563. The topological polar surface area (TPSA) is 58.6 Å². The lowest BCUT2D eigenvalue weighted by atomic mass is 10.0. The zero-order chi connectivity index (χ0) is 17.5. The van der Waals surface area contributed by atoms with Gasteiger partial charge in [0.15, 0.2) is 0 Å². The molecule has 24 heavy (non-hydrogen) atoms. The quantitative estimate of drug-likeness (QED) is 0.902. The van der Waals surface area contributed by atoms with Crippen molar-refractivity contribution in [3.05, 3.63) is 29.8 Å². The van der Waals surface area contributed by atoms with Crippen LogP contribution in [0, 0.1) is 5.92 Å². The molecule has 132 valence electrons. The molecule has 1 aliphatic rings. The van der Waals surface area contributed by atoms with Crippen LogP contribution in [0.3, 0.4) is 0 Å². The van der Waals surface area contributed by atoms with Gasteiger partial charge in [-0.15, -0.1) is 0 Å². The predicted molar refractivity (Wildman–Crippen MR) is 94.1 cm³/mol. The molecule has 0 bridgehead atoms. The molecular formula is C19H28N2O3. The number of hydrogen-bond donors (Lipinski definition) is 1. The van der Waals surface area contributed by atoms with Gasteiger partial charge >= 0.3 is 0 Å². The van der Waals surface area contributed by atoms with Crippen LogP contribution in [0.15, 0.2) is 24.3 Å². The van der Waals surface area contributed by atoms with Gasteiger partial charge in [-0.25, -0.2) is 0 Å². The van der Waals surface area contributed by atoms with E-state index < -0.39 is 6.04 Å². The maximum atomic E-state index is 12.9. The summed E-state index contributed by atoms with van der Waals surface area (Å²) in [5.74, 6) is 0.295. The summed E-state index contributed by atoms with van der Waals surface area (Å²) in [6, 6.07) is 6.55. The Morgan fingerprint density at radius 3 is 2.29 bits per heavy atom. The van der Waals surface area contributed by atoms with E-state index in [9.17, 15) is 9.59 Å². The third-order valence-corrected chi connectivity index (χ3v) is 4.49. The van der Waals surface area contributed by atoms with Gasteiger partial charge in [0.05, 0.1) is 12.7 Å². The van der Waals surface area contributed by atoms with Crippen LogP contribution >= 0.6 is 0 Å². The molecule has 0 radical (unpaired) electrons. The second-order valence-electron chi connectivity index (χ2n) is 6.63. The predicted octanol–water partition coefficient (Wildman–Crippen LogP) is 2.85. The van der Waals surface area contributed by atoms with Gasteiger partial charge in [0.1, 0.15) is 11.8 Å². The van der Waals surface area contributed by atoms with Gasteiger partial charge in [-0.05, 0) is 30.9 Å². The fraction of sp³-hybridized carbons (Fsp3) is 0.579. The Morgan fingerprint density at radius 1 is 1.08 bits per heavy atom. The average molecular weight is 332 g/mol. The number of amides is 2. The van der Waals surface area contributed by atoms with Gasteiger partial charge in [0, 0.05) is 13.1 Å². The third kappa shape index (κ3) is 4.49. The fourth-order valence-electron chi connectivity index (χ4n) is 3.05. The molecule has 0 spiro atoms. The van der Waals surface area contributed by atoms with Crippen molar-refractivity contribution in [2.24, 2.45) is 5.92 Å². The Hall–Kier alpha value is -2.04. The summed E-state index contributed by atoms with van der Waals surface area (Å²) in [5, 5.41) is 2.91. The number of hydrogen-bond acceptors (Lipinski definition) is 3. The lowest BCUT2D eigenvalue weighted by molar-refractivity contribution is -0.134. The minimum atomic E-state index is -0.513. The molecular weight excluding hydrogens is 304 g/mol. The number of carbonyl (C=O) groups excluding carboxylic acids is 2. The summed E-state index contributed by atoms with van der Waals surface area (Å²) in [4.78, 5) is 27.4. The number of methoxy groups -OCH3 is 1. The number of ether oxygens (including phenoxy) is 1. The summed E-state index contributed by atoms with van der Waals surface area (Å²) in [5.41, 5.74) is 0.453. The highest BCUT2D eigenvalue weighted by molar-refractivity contribution is 5.99. The molecule has 1 aromatic carbocycles. The number of benzene rings is 1. The standard InChI is InChI=1S/C19H28N2O3/c1-14(2)17(19(23)21-12-8-4-5-9-13-21)20-18(22)15-10-6-7-11-16(15)24-3/h6-7,10-11,14,17H,4-5,8-9,12-13H2,1-3H3,(H,20,22)/t17-/m0/s1. The summed E-state index contributed by atoms with van der Waals surface area (Å²) >= 11 is 0. The summed E-state index contributed by atoms with van der Waals surface area (Å²) in [6.07, 6.45) is 4.42. The van der Waals surface area contributed by atoms with Crippen LogP contribution in [-0.2, 0) is 4.79 Å². The molecule has 5 heteroatoms. The Morgan fingerprint density at radius 2 is 1.71 bits per heavy atom. The summed E-state index contributed by atoms with van der Waals surface area (Å²) in [7, 11) is 1.54. The van der Waals surface area contributed by atoms with E-state index >= 15 is 0 Å². The molecule has 1 aliphatic heterocycles.